The highest BCUT2D eigenvalue weighted by molar-refractivity contribution is 6.42. The predicted octanol–water partition coefficient (Wildman–Crippen LogP) is 4.29. The van der Waals surface area contributed by atoms with Crippen LogP contribution in [-0.4, -0.2) is 42.2 Å². The first kappa shape index (κ1) is 18.7. The van der Waals surface area contributed by atoms with Crippen molar-refractivity contribution in [3.8, 4) is 5.75 Å². The van der Waals surface area contributed by atoms with Gasteiger partial charge in [0.15, 0.2) is 0 Å². The van der Waals surface area contributed by atoms with Crippen molar-refractivity contribution in [2.45, 2.75) is 13.0 Å². The third-order valence-corrected chi connectivity index (χ3v) is 5.31. The molecule has 3 rings (SSSR count). The molecule has 0 aromatic heterocycles. The largest absolute Gasteiger partial charge is 0.506 e. The first-order chi connectivity index (χ1) is 12.5. The number of piperazine rings is 1. The number of carbonyl (C=O) groups is 1. The lowest BCUT2D eigenvalue weighted by atomic mass is 10.1. The van der Waals surface area contributed by atoms with Gasteiger partial charge in [-0.3, -0.25) is 0 Å². The second-order valence-electron chi connectivity index (χ2n) is 6.31. The molecule has 138 valence electrons. The number of benzene rings is 2. The molecule has 1 fully saturated rings. The van der Waals surface area contributed by atoms with E-state index in [1.54, 1.807) is 29.2 Å². The summed E-state index contributed by atoms with van der Waals surface area (Å²) in [4.78, 5) is 16.4. The Labute approximate surface area is 163 Å². The molecule has 2 N–H and O–H groups in total. The second kappa shape index (κ2) is 8.06. The van der Waals surface area contributed by atoms with E-state index in [2.05, 4.69) is 10.2 Å². The molecule has 1 heterocycles. The van der Waals surface area contributed by atoms with E-state index in [9.17, 15) is 9.90 Å². The van der Waals surface area contributed by atoms with Crippen molar-refractivity contribution in [3.63, 3.8) is 0 Å². The van der Waals surface area contributed by atoms with Gasteiger partial charge in [0.25, 0.3) is 0 Å². The van der Waals surface area contributed by atoms with Crippen molar-refractivity contribution in [2.24, 2.45) is 0 Å². The normalized spacial score (nSPS) is 15.7. The first-order valence-electron chi connectivity index (χ1n) is 8.49. The van der Waals surface area contributed by atoms with Crippen molar-refractivity contribution in [3.05, 3.63) is 58.1 Å². The standard InChI is InChI=1S/C19H21Cl2N3O2/c1-13(14-6-7-15(20)16(21)12-14)22-19(26)24-10-8-23(9-11-24)17-4-2-3-5-18(17)25/h2-7,12-13,25H,8-11H2,1H3,(H,22,26). The van der Waals surface area contributed by atoms with Gasteiger partial charge >= 0.3 is 6.03 Å². The van der Waals surface area contributed by atoms with E-state index in [4.69, 9.17) is 23.2 Å². The number of hydrogen-bond acceptors (Lipinski definition) is 3. The Morgan fingerprint density at radius 3 is 2.42 bits per heavy atom. The van der Waals surface area contributed by atoms with Gasteiger partial charge in [-0.25, -0.2) is 4.79 Å². The van der Waals surface area contributed by atoms with Crippen LogP contribution in [0.2, 0.25) is 10.0 Å². The lowest BCUT2D eigenvalue weighted by Crippen LogP contribution is -2.52. The summed E-state index contributed by atoms with van der Waals surface area (Å²) in [5.74, 6) is 0.263. The van der Waals surface area contributed by atoms with Crippen LogP contribution in [0.4, 0.5) is 10.5 Å². The average molecular weight is 394 g/mol. The van der Waals surface area contributed by atoms with Crippen molar-refractivity contribution < 1.29 is 9.90 Å². The second-order valence-corrected chi connectivity index (χ2v) is 7.12. The maximum Gasteiger partial charge on any atom is 0.317 e. The number of anilines is 1. The molecule has 1 unspecified atom stereocenters. The number of urea groups is 1. The molecule has 1 saturated heterocycles. The minimum atomic E-state index is -0.173. The SMILES string of the molecule is CC(NC(=O)N1CCN(c2ccccc2O)CC1)c1ccc(Cl)c(Cl)c1. The van der Waals surface area contributed by atoms with Gasteiger partial charge in [0.1, 0.15) is 5.75 Å². The summed E-state index contributed by atoms with van der Waals surface area (Å²) in [5, 5.41) is 13.9. The number of nitrogens with one attached hydrogen (secondary N) is 1. The Hall–Kier alpha value is -2.11. The van der Waals surface area contributed by atoms with E-state index in [1.807, 2.05) is 25.1 Å². The molecule has 0 aliphatic carbocycles. The quantitative estimate of drug-likeness (QED) is 0.817. The molecule has 2 aromatic rings. The summed E-state index contributed by atoms with van der Waals surface area (Å²) in [6, 6.07) is 12.3. The number of hydrogen-bond donors (Lipinski definition) is 2. The van der Waals surface area contributed by atoms with Crippen LogP contribution in [0.3, 0.4) is 0 Å². The summed E-state index contributed by atoms with van der Waals surface area (Å²) >= 11 is 12.0. The van der Waals surface area contributed by atoms with Crippen LogP contribution < -0.4 is 10.2 Å². The maximum atomic E-state index is 12.5. The highest BCUT2D eigenvalue weighted by Gasteiger charge is 2.23. The van der Waals surface area contributed by atoms with Crippen LogP contribution in [-0.2, 0) is 0 Å². The molecule has 0 spiro atoms. The monoisotopic (exact) mass is 393 g/mol. The zero-order valence-electron chi connectivity index (χ0n) is 14.5. The molecule has 1 aliphatic rings. The highest BCUT2D eigenvalue weighted by atomic mass is 35.5. The van der Waals surface area contributed by atoms with Gasteiger partial charge in [-0.1, -0.05) is 41.4 Å². The van der Waals surface area contributed by atoms with Gasteiger partial charge in [-0.2, -0.15) is 0 Å². The van der Waals surface area contributed by atoms with Gasteiger partial charge in [-0.05, 0) is 36.8 Å². The molecule has 2 aromatic carbocycles. The third kappa shape index (κ3) is 4.17. The van der Waals surface area contributed by atoms with Crippen LogP contribution in [0.1, 0.15) is 18.5 Å². The van der Waals surface area contributed by atoms with Crippen LogP contribution in [0.5, 0.6) is 5.75 Å². The van der Waals surface area contributed by atoms with Crippen LogP contribution in [0, 0.1) is 0 Å². The van der Waals surface area contributed by atoms with Gasteiger partial charge < -0.3 is 20.2 Å². The Bertz CT molecular complexity index is 792. The highest BCUT2D eigenvalue weighted by Crippen LogP contribution is 2.28. The summed E-state index contributed by atoms with van der Waals surface area (Å²) in [6.45, 7) is 4.44. The molecule has 0 bridgehead atoms. The minimum Gasteiger partial charge on any atom is -0.506 e. The van der Waals surface area contributed by atoms with E-state index in [0.717, 1.165) is 11.3 Å². The number of amides is 2. The van der Waals surface area contributed by atoms with Gasteiger partial charge in [-0.15, -0.1) is 0 Å². The minimum absolute atomic E-state index is 0.111. The molecular weight excluding hydrogens is 373 g/mol. The summed E-state index contributed by atoms with van der Waals surface area (Å²) < 4.78 is 0. The lowest BCUT2D eigenvalue weighted by Gasteiger charge is -2.36. The lowest BCUT2D eigenvalue weighted by molar-refractivity contribution is 0.191. The average Bonchev–Trinajstić information content (AvgIpc) is 2.64. The fourth-order valence-corrected chi connectivity index (χ4v) is 3.33. The van der Waals surface area contributed by atoms with E-state index in [-0.39, 0.29) is 17.8 Å². The molecule has 0 radical (unpaired) electrons. The van der Waals surface area contributed by atoms with E-state index >= 15 is 0 Å². The molecule has 0 saturated carbocycles. The van der Waals surface area contributed by atoms with E-state index in [1.165, 1.54) is 0 Å². The number of phenols is 1. The van der Waals surface area contributed by atoms with E-state index < -0.39 is 0 Å². The van der Waals surface area contributed by atoms with Crippen LogP contribution in [0.25, 0.3) is 0 Å². The van der Waals surface area contributed by atoms with Crippen molar-refractivity contribution in [1.82, 2.24) is 10.2 Å². The molecular formula is C19H21Cl2N3O2. The van der Waals surface area contributed by atoms with Crippen molar-refractivity contribution >= 4 is 34.9 Å². The maximum absolute atomic E-state index is 12.5. The zero-order valence-corrected chi connectivity index (χ0v) is 16.0. The number of nitrogens with zero attached hydrogens (tertiary/aromatic N) is 2. The Kier molecular flexibility index (Phi) is 5.79. The molecule has 2 amide bonds. The summed E-state index contributed by atoms with van der Waals surface area (Å²) in [6.07, 6.45) is 0. The Morgan fingerprint density at radius 1 is 1.08 bits per heavy atom. The molecule has 7 heteroatoms. The third-order valence-electron chi connectivity index (χ3n) is 4.57. The summed E-state index contributed by atoms with van der Waals surface area (Å²) in [5.41, 5.74) is 1.71. The number of carbonyl (C=O) groups excluding carboxylic acids is 1. The zero-order chi connectivity index (χ0) is 18.7. The smallest absolute Gasteiger partial charge is 0.317 e. The molecule has 1 aliphatic heterocycles. The number of rotatable bonds is 3. The van der Waals surface area contributed by atoms with Crippen LogP contribution >= 0.6 is 23.2 Å². The van der Waals surface area contributed by atoms with Crippen LogP contribution in [0.15, 0.2) is 42.5 Å². The number of aromatic hydroxyl groups is 1. The Morgan fingerprint density at radius 2 is 1.77 bits per heavy atom. The number of para-hydroxylation sites is 2. The fraction of sp³-hybridized carbons (Fsp3) is 0.316. The van der Waals surface area contributed by atoms with Gasteiger partial charge in [0.05, 0.1) is 21.8 Å². The predicted molar refractivity (Wildman–Crippen MR) is 105 cm³/mol. The van der Waals surface area contributed by atoms with Crippen molar-refractivity contribution in [1.29, 1.82) is 0 Å². The topological polar surface area (TPSA) is 55.8 Å². The van der Waals surface area contributed by atoms with Gasteiger partial charge in [0, 0.05) is 26.2 Å². The van der Waals surface area contributed by atoms with Crippen molar-refractivity contribution in [2.75, 3.05) is 31.1 Å². The van der Waals surface area contributed by atoms with E-state index in [0.29, 0.717) is 36.2 Å². The Balaban J connectivity index is 1.56. The number of halogens is 2. The molecule has 26 heavy (non-hydrogen) atoms. The molecule has 5 nitrogen and oxygen atoms in total. The van der Waals surface area contributed by atoms with Gasteiger partial charge in [0.2, 0.25) is 0 Å². The molecule has 1 atom stereocenters. The summed E-state index contributed by atoms with van der Waals surface area (Å²) in [7, 11) is 0. The first-order valence-corrected chi connectivity index (χ1v) is 9.24. The number of phenolic OH excluding ortho intramolecular Hbond substituents is 1. The fourth-order valence-electron chi connectivity index (χ4n) is 3.02.